The van der Waals surface area contributed by atoms with Crippen molar-refractivity contribution in [3.05, 3.63) is 0 Å². The van der Waals surface area contributed by atoms with Gasteiger partial charge in [0.2, 0.25) is 0 Å². The smallest absolute Gasteiger partial charge is 0.0127 e. The van der Waals surface area contributed by atoms with E-state index >= 15 is 0 Å². The van der Waals surface area contributed by atoms with Gasteiger partial charge in [0.25, 0.3) is 0 Å². The molecule has 0 aromatic heterocycles. The lowest BCUT2D eigenvalue weighted by Crippen LogP contribution is -2.46. The number of hydrogen-bond donors (Lipinski definition) is 1. The zero-order valence-electron chi connectivity index (χ0n) is 10.1. The van der Waals surface area contributed by atoms with E-state index in [1.807, 2.05) is 0 Å². The van der Waals surface area contributed by atoms with E-state index in [2.05, 4.69) is 24.1 Å². The fraction of sp³-hybridized carbons (Fsp3) is 1.00. The molecule has 3 unspecified atom stereocenters. The van der Waals surface area contributed by atoms with Crippen molar-refractivity contribution in [2.24, 2.45) is 5.41 Å². The SMILES string of the molecule is CC1(C)CC1NC1CCN2CCCC2C1. The molecule has 2 heterocycles. The summed E-state index contributed by atoms with van der Waals surface area (Å²) in [6, 6.07) is 2.55. The molecule has 2 aliphatic heterocycles. The summed E-state index contributed by atoms with van der Waals surface area (Å²) in [5, 5.41) is 3.87. The molecule has 2 heteroatoms. The molecule has 1 saturated carbocycles. The van der Waals surface area contributed by atoms with Crippen LogP contribution in [0, 0.1) is 5.41 Å². The van der Waals surface area contributed by atoms with Gasteiger partial charge in [-0.1, -0.05) is 13.8 Å². The van der Waals surface area contributed by atoms with Gasteiger partial charge in [0, 0.05) is 18.1 Å². The van der Waals surface area contributed by atoms with E-state index in [-0.39, 0.29) is 0 Å². The van der Waals surface area contributed by atoms with Crippen LogP contribution in [0.3, 0.4) is 0 Å². The average molecular weight is 208 g/mol. The van der Waals surface area contributed by atoms with Crippen LogP contribution in [0.4, 0.5) is 0 Å². The van der Waals surface area contributed by atoms with Gasteiger partial charge in [-0.2, -0.15) is 0 Å². The highest BCUT2D eigenvalue weighted by molar-refractivity contribution is 5.03. The maximum Gasteiger partial charge on any atom is 0.0127 e. The van der Waals surface area contributed by atoms with E-state index in [1.54, 1.807) is 0 Å². The Kier molecular flexibility index (Phi) is 2.33. The van der Waals surface area contributed by atoms with Gasteiger partial charge < -0.3 is 10.2 Å². The molecule has 0 aromatic carbocycles. The Morgan fingerprint density at radius 1 is 1.20 bits per heavy atom. The van der Waals surface area contributed by atoms with E-state index in [0.29, 0.717) is 5.41 Å². The second-order valence-corrected chi connectivity index (χ2v) is 6.47. The molecular formula is C13H24N2. The molecule has 0 radical (unpaired) electrons. The van der Waals surface area contributed by atoms with Crippen LogP contribution >= 0.6 is 0 Å². The summed E-state index contributed by atoms with van der Waals surface area (Å²) < 4.78 is 0. The van der Waals surface area contributed by atoms with E-state index in [1.165, 1.54) is 45.2 Å². The third-order valence-electron chi connectivity index (χ3n) is 4.77. The van der Waals surface area contributed by atoms with Crippen LogP contribution in [0.25, 0.3) is 0 Å². The molecule has 3 fully saturated rings. The van der Waals surface area contributed by atoms with Gasteiger partial charge in [-0.3, -0.25) is 0 Å². The molecule has 0 amide bonds. The second-order valence-electron chi connectivity index (χ2n) is 6.47. The number of rotatable bonds is 2. The highest BCUT2D eigenvalue weighted by Crippen LogP contribution is 2.45. The summed E-state index contributed by atoms with van der Waals surface area (Å²) in [5.41, 5.74) is 0.590. The normalized spacial score (nSPS) is 44.0. The summed E-state index contributed by atoms with van der Waals surface area (Å²) in [6.07, 6.45) is 7.06. The highest BCUT2D eigenvalue weighted by atomic mass is 15.2. The molecule has 0 spiro atoms. The maximum atomic E-state index is 3.87. The maximum absolute atomic E-state index is 3.87. The number of piperidine rings is 1. The minimum atomic E-state index is 0.590. The highest BCUT2D eigenvalue weighted by Gasteiger charge is 2.47. The third-order valence-corrected chi connectivity index (χ3v) is 4.77. The van der Waals surface area contributed by atoms with Crippen LogP contribution < -0.4 is 5.32 Å². The molecule has 2 saturated heterocycles. The molecule has 3 rings (SSSR count). The van der Waals surface area contributed by atoms with Crippen molar-refractivity contribution in [2.45, 2.75) is 64.1 Å². The second kappa shape index (κ2) is 3.46. The van der Waals surface area contributed by atoms with Gasteiger partial charge >= 0.3 is 0 Å². The lowest BCUT2D eigenvalue weighted by molar-refractivity contribution is 0.164. The number of nitrogens with one attached hydrogen (secondary N) is 1. The molecule has 1 aliphatic carbocycles. The molecule has 86 valence electrons. The summed E-state index contributed by atoms with van der Waals surface area (Å²) in [7, 11) is 0. The fourth-order valence-electron chi connectivity index (χ4n) is 3.41. The Morgan fingerprint density at radius 2 is 2.00 bits per heavy atom. The van der Waals surface area contributed by atoms with Gasteiger partial charge in [-0.15, -0.1) is 0 Å². The van der Waals surface area contributed by atoms with Gasteiger partial charge in [0.1, 0.15) is 0 Å². The monoisotopic (exact) mass is 208 g/mol. The van der Waals surface area contributed by atoms with Crippen molar-refractivity contribution in [1.29, 1.82) is 0 Å². The van der Waals surface area contributed by atoms with Gasteiger partial charge in [0.05, 0.1) is 0 Å². The molecule has 2 nitrogen and oxygen atoms in total. The van der Waals surface area contributed by atoms with Crippen LogP contribution in [0.2, 0.25) is 0 Å². The molecule has 3 aliphatic rings. The minimum Gasteiger partial charge on any atom is -0.311 e. The lowest BCUT2D eigenvalue weighted by Gasteiger charge is -2.35. The first kappa shape index (κ1) is 10.1. The predicted octanol–water partition coefficient (Wildman–Crippen LogP) is 2.00. The topological polar surface area (TPSA) is 15.3 Å². The van der Waals surface area contributed by atoms with Crippen LogP contribution in [0.15, 0.2) is 0 Å². The van der Waals surface area contributed by atoms with Crippen molar-refractivity contribution in [2.75, 3.05) is 13.1 Å². The average Bonchev–Trinajstić information content (AvgIpc) is 2.64. The molecular weight excluding hydrogens is 184 g/mol. The van der Waals surface area contributed by atoms with Crippen LogP contribution in [-0.4, -0.2) is 36.1 Å². The Labute approximate surface area is 93.4 Å². The van der Waals surface area contributed by atoms with E-state index in [4.69, 9.17) is 0 Å². The standard InChI is InChI=1S/C13H24N2/c1-13(2)9-12(13)14-10-5-7-15-6-3-4-11(15)8-10/h10-12,14H,3-9H2,1-2H3. The quantitative estimate of drug-likeness (QED) is 0.746. The predicted molar refractivity (Wildman–Crippen MR) is 62.9 cm³/mol. The molecule has 3 atom stereocenters. The number of fused-ring (bicyclic) bond motifs is 1. The summed E-state index contributed by atoms with van der Waals surface area (Å²) in [6.45, 7) is 7.48. The van der Waals surface area contributed by atoms with Crippen LogP contribution in [0.1, 0.15) is 46.0 Å². The first-order chi connectivity index (χ1) is 7.15. The lowest BCUT2D eigenvalue weighted by atomic mass is 9.97. The summed E-state index contributed by atoms with van der Waals surface area (Å²) in [4.78, 5) is 2.70. The van der Waals surface area contributed by atoms with Gasteiger partial charge in [-0.05, 0) is 50.6 Å². The Morgan fingerprint density at radius 3 is 2.73 bits per heavy atom. The zero-order valence-corrected chi connectivity index (χ0v) is 10.1. The van der Waals surface area contributed by atoms with Gasteiger partial charge in [0.15, 0.2) is 0 Å². The van der Waals surface area contributed by atoms with Crippen molar-refractivity contribution < 1.29 is 0 Å². The van der Waals surface area contributed by atoms with Crippen molar-refractivity contribution in [3.63, 3.8) is 0 Å². The Bertz CT molecular complexity index is 247. The first-order valence-electron chi connectivity index (χ1n) is 6.65. The largest absolute Gasteiger partial charge is 0.311 e. The molecule has 0 bridgehead atoms. The summed E-state index contributed by atoms with van der Waals surface area (Å²) >= 11 is 0. The van der Waals surface area contributed by atoms with Crippen LogP contribution in [0.5, 0.6) is 0 Å². The van der Waals surface area contributed by atoms with E-state index in [0.717, 1.165) is 18.1 Å². The van der Waals surface area contributed by atoms with E-state index in [9.17, 15) is 0 Å². The minimum absolute atomic E-state index is 0.590. The fourth-order valence-corrected chi connectivity index (χ4v) is 3.41. The first-order valence-corrected chi connectivity index (χ1v) is 6.65. The van der Waals surface area contributed by atoms with Crippen molar-refractivity contribution >= 4 is 0 Å². The van der Waals surface area contributed by atoms with Gasteiger partial charge in [-0.25, -0.2) is 0 Å². The van der Waals surface area contributed by atoms with Crippen molar-refractivity contribution in [3.8, 4) is 0 Å². The molecule has 15 heavy (non-hydrogen) atoms. The third kappa shape index (κ3) is 1.94. The Hall–Kier alpha value is -0.0800. The van der Waals surface area contributed by atoms with Crippen LogP contribution in [-0.2, 0) is 0 Å². The van der Waals surface area contributed by atoms with E-state index < -0.39 is 0 Å². The Balaban J connectivity index is 1.52. The molecule has 0 aromatic rings. The number of hydrogen-bond acceptors (Lipinski definition) is 2. The van der Waals surface area contributed by atoms with Crippen molar-refractivity contribution in [1.82, 2.24) is 10.2 Å². The molecule has 1 N–H and O–H groups in total. The zero-order chi connectivity index (χ0) is 10.5. The number of nitrogens with zero attached hydrogens (tertiary/aromatic N) is 1. The summed E-state index contributed by atoms with van der Waals surface area (Å²) in [5.74, 6) is 0.